The van der Waals surface area contributed by atoms with E-state index in [4.69, 9.17) is 15.2 Å². The van der Waals surface area contributed by atoms with Gasteiger partial charge in [0.15, 0.2) is 0 Å². The van der Waals surface area contributed by atoms with E-state index in [-0.39, 0.29) is 26.2 Å². The van der Waals surface area contributed by atoms with Crippen LogP contribution in [0.1, 0.15) is 0 Å². The Morgan fingerprint density at radius 1 is 1.67 bits per heavy atom. The maximum absolute atomic E-state index is 8.90. The Morgan fingerprint density at radius 2 is 1.83 bits per heavy atom. The van der Waals surface area contributed by atoms with Gasteiger partial charge in [-0.2, -0.15) is 5.26 Å². The summed E-state index contributed by atoms with van der Waals surface area (Å²) in [6, 6.07) is 0. The van der Waals surface area contributed by atoms with Crippen molar-refractivity contribution in [1.29, 1.82) is 0 Å². The molecule has 0 aliphatic carbocycles. The van der Waals surface area contributed by atoms with Gasteiger partial charge in [-0.25, -0.2) is 4.79 Å². The van der Waals surface area contributed by atoms with Crippen LogP contribution < -0.4 is 0 Å². The maximum atomic E-state index is 8.90. The fraction of sp³-hybridized carbons (Fsp3) is 0. The third-order valence-corrected chi connectivity index (χ3v) is 0.0781. The van der Waals surface area contributed by atoms with Crippen molar-refractivity contribution in [1.82, 2.24) is 0 Å². The molecule has 2 N–H and O–H groups in total. The Hall–Kier alpha value is 0.113. The van der Waals surface area contributed by atoms with Crippen LogP contribution >= 0.6 is 0 Å². The van der Waals surface area contributed by atoms with Gasteiger partial charge in [0.1, 0.15) is 0 Å². The van der Waals surface area contributed by atoms with Crippen LogP contribution in [0.15, 0.2) is 0 Å². The van der Waals surface area contributed by atoms with Crippen LogP contribution in [0.2, 0.25) is 0 Å². The Morgan fingerprint density at radius 3 is 1.83 bits per heavy atom. The minimum absolute atomic E-state index is 0. The van der Waals surface area contributed by atoms with Gasteiger partial charge in [-0.05, 0) is 0 Å². The van der Waals surface area contributed by atoms with Gasteiger partial charge in [0.05, 0.1) is 0 Å². The number of hydrogen-bond donors (Lipinski definition) is 2. The van der Waals surface area contributed by atoms with E-state index in [0.29, 0.717) is 0 Å². The molecule has 0 aromatic carbocycles. The number of hydrogen-bond acceptors (Lipinski definition) is 3. The van der Waals surface area contributed by atoms with Crippen molar-refractivity contribution in [3.8, 4) is 0 Å². The topological polar surface area (TPSA) is 66.8 Å². The SMILES string of the molecule is O=C(O)OO.[BiH3]. The van der Waals surface area contributed by atoms with Crippen molar-refractivity contribution < 1.29 is 20.0 Å². The fourth-order valence-corrected chi connectivity index (χ4v) is 0. The zero-order chi connectivity index (χ0) is 4.28. The predicted octanol–water partition coefficient (Wildman–Crippen LogP) is -1.03. The van der Waals surface area contributed by atoms with Crippen molar-refractivity contribution in [3.63, 3.8) is 0 Å². The van der Waals surface area contributed by atoms with Crippen molar-refractivity contribution in [3.05, 3.63) is 0 Å². The predicted molar refractivity (Wildman–Crippen MR) is 21.7 cm³/mol. The van der Waals surface area contributed by atoms with E-state index < -0.39 is 6.16 Å². The molecule has 38 valence electrons. The van der Waals surface area contributed by atoms with Crippen LogP contribution in [0.5, 0.6) is 0 Å². The molecule has 0 radical (unpaired) electrons. The third-order valence-electron chi connectivity index (χ3n) is 0.0781. The zero-order valence-corrected chi connectivity index (χ0v) is 8.42. The summed E-state index contributed by atoms with van der Waals surface area (Å²) in [5.74, 6) is 0. The molecule has 0 bridgehead atoms. The summed E-state index contributed by atoms with van der Waals surface area (Å²) in [5, 5.41) is 14.3. The van der Waals surface area contributed by atoms with E-state index >= 15 is 0 Å². The second-order valence-electron chi connectivity index (χ2n) is 0.357. The van der Waals surface area contributed by atoms with Gasteiger partial charge in [-0.1, -0.05) is 0 Å². The van der Waals surface area contributed by atoms with Crippen molar-refractivity contribution in [2.24, 2.45) is 0 Å². The summed E-state index contributed by atoms with van der Waals surface area (Å²) in [4.78, 5) is 11.6. The quantitative estimate of drug-likeness (QED) is 0.340. The molecule has 0 heterocycles. The monoisotopic (exact) mass is 290 g/mol. The molecule has 0 aliphatic heterocycles. The molecule has 0 fully saturated rings. The Labute approximate surface area is 52.8 Å². The first kappa shape index (κ1) is 9.45. The zero-order valence-electron chi connectivity index (χ0n) is 2.92. The Kier molecular flexibility index (Phi) is 8.05. The summed E-state index contributed by atoms with van der Waals surface area (Å²) in [6.45, 7) is 0. The summed E-state index contributed by atoms with van der Waals surface area (Å²) < 4.78 is 0. The molecule has 6 heavy (non-hydrogen) atoms. The molecule has 0 atom stereocenters. The molecule has 0 aromatic heterocycles. The molecular formula is CH5BiO4. The molecule has 0 aromatic rings. The van der Waals surface area contributed by atoms with E-state index in [9.17, 15) is 0 Å². The van der Waals surface area contributed by atoms with Gasteiger partial charge in [-0.15, -0.1) is 0 Å². The van der Waals surface area contributed by atoms with Crippen LogP contribution in [0, 0.1) is 0 Å². The molecule has 0 spiro atoms. The van der Waals surface area contributed by atoms with Crippen LogP contribution in [-0.2, 0) is 4.89 Å². The molecule has 0 amide bonds. The Bertz CT molecular complexity index is 42.8. The molecule has 0 saturated carbocycles. The molecule has 0 rings (SSSR count). The first-order valence-electron chi connectivity index (χ1n) is 0.814. The second-order valence-corrected chi connectivity index (χ2v) is 0.357. The molecule has 0 aliphatic rings. The van der Waals surface area contributed by atoms with Crippen molar-refractivity contribution in [2.45, 2.75) is 0 Å². The summed E-state index contributed by atoms with van der Waals surface area (Å²) in [6.07, 6.45) is -1.69. The van der Waals surface area contributed by atoms with E-state index in [0.717, 1.165) is 0 Å². The average molecular weight is 290 g/mol. The van der Waals surface area contributed by atoms with Gasteiger partial charge in [0, 0.05) is 0 Å². The van der Waals surface area contributed by atoms with E-state index in [1.54, 1.807) is 0 Å². The van der Waals surface area contributed by atoms with Gasteiger partial charge in [-0.3, -0.25) is 4.89 Å². The summed E-state index contributed by atoms with van der Waals surface area (Å²) in [7, 11) is 0. The molecule has 0 saturated heterocycles. The number of carboxylic acid groups (broad SMARTS) is 1. The Balaban J connectivity index is 0. The van der Waals surface area contributed by atoms with Crippen molar-refractivity contribution in [2.75, 3.05) is 0 Å². The fourth-order valence-electron chi connectivity index (χ4n) is 0. The van der Waals surface area contributed by atoms with E-state index in [2.05, 4.69) is 4.89 Å². The summed E-state index contributed by atoms with van der Waals surface area (Å²) in [5.41, 5.74) is 0. The van der Waals surface area contributed by atoms with Crippen LogP contribution in [-0.4, -0.2) is 42.7 Å². The van der Waals surface area contributed by atoms with Crippen LogP contribution in [0.3, 0.4) is 0 Å². The average Bonchev–Trinajstić information content (AvgIpc) is 1.38. The first-order chi connectivity index (χ1) is 2.27. The standard InChI is InChI=1S/CH2O4.Bi.3H/c2-1(3)5-4;;;;/h4H,(H,2,3);;;;. The van der Waals surface area contributed by atoms with Crippen LogP contribution in [0.4, 0.5) is 4.79 Å². The number of rotatable bonds is 0. The third kappa shape index (κ3) is 8.93. The van der Waals surface area contributed by atoms with E-state index in [1.807, 2.05) is 0 Å². The van der Waals surface area contributed by atoms with Crippen molar-refractivity contribution >= 4 is 32.4 Å². The molecule has 0 unspecified atom stereocenters. The van der Waals surface area contributed by atoms with Gasteiger partial charge < -0.3 is 5.11 Å². The van der Waals surface area contributed by atoms with Crippen LogP contribution in [0.25, 0.3) is 0 Å². The summed E-state index contributed by atoms with van der Waals surface area (Å²) >= 11 is 0. The van der Waals surface area contributed by atoms with Gasteiger partial charge >= 0.3 is 32.4 Å². The number of carbonyl (C=O) groups is 1. The molecule has 5 heteroatoms. The van der Waals surface area contributed by atoms with Gasteiger partial charge in [0.2, 0.25) is 0 Å². The normalized spacial score (nSPS) is 5.50. The first-order valence-corrected chi connectivity index (χ1v) is 0.814. The second kappa shape index (κ2) is 5.11. The molecule has 4 nitrogen and oxygen atoms in total. The van der Waals surface area contributed by atoms with Gasteiger partial charge in [0.25, 0.3) is 0 Å². The molecular weight excluding hydrogens is 285 g/mol. The minimum atomic E-state index is -1.69. The van der Waals surface area contributed by atoms with E-state index in [1.165, 1.54) is 0 Å².